The summed E-state index contributed by atoms with van der Waals surface area (Å²) in [5.74, 6) is 0.628. The van der Waals surface area contributed by atoms with Crippen molar-refractivity contribution < 1.29 is 18.3 Å². The van der Waals surface area contributed by atoms with Gasteiger partial charge in [-0.05, 0) is 65.7 Å². The van der Waals surface area contributed by atoms with Gasteiger partial charge in [0, 0.05) is 16.7 Å². The molecule has 1 aliphatic rings. The standard InChI is InChI=1S/C15H19BrF3NO/c1-10-4-6-14(21,7-5-10)9-20-13-3-2-11(8-12(13)16)15(17,18)19/h2-3,8,10,20-21H,4-7,9H2,1H3. The van der Waals surface area contributed by atoms with Crippen LogP contribution in [0.2, 0.25) is 0 Å². The normalized spacial score (nSPS) is 26.7. The first kappa shape index (κ1) is 16.6. The van der Waals surface area contributed by atoms with Crippen LogP contribution in [0.4, 0.5) is 18.9 Å². The van der Waals surface area contributed by atoms with Crippen LogP contribution in [0.25, 0.3) is 0 Å². The van der Waals surface area contributed by atoms with Crippen LogP contribution < -0.4 is 5.32 Å². The van der Waals surface area contributed by atoms with Crippen molar-refractivity contribution >= 4 is 21.6 Å². The fraction of sp³-hybridized carbons (Fsp3) is 0.600. The molecular weight excluding hydrogens is 347 g/mol. The molecule has 0 aliphatic heterocycles. The van der Waals surface area contributed by atoms with Crippen molar-refractivity contribution in [3.63, 3.8) is 0 Å². The Morgan fingerprint density at radius 3 is 2.48 bits per heavy atom. The second kappa shape index (κ2) is 6.16. The van der Waals surface area contributed by atoms with Gasteiger partial charge in [-0.1, -0.05) is 6.92 Å². The summed E-state index contributed by atoms with van der Waals surface area (Å²) in [5, 5.41) is 13.5. The highest BCUT2D eigenvalue weighted by atomic mass is 79.9. The molecule has 0 atom stereocenters. The third kappa shape index (κ3) is 4.36. The van der Waals surface area contributed by atoms with Crippen LogP contribution >= 0.6 is 15.9 Å². The van der Waals surface area contributed by atoms with Crippen molar-refractivity contribution in [2.24, 2.45) is 5.92 Å². The Kier molecular flexibility index (Phi) is 4.88. The maximum absolute atomic E-state index is 12.6. The van der Waals surface area contributed by atoms with Crippen molar-refractivity contribution in [2.75, 3.05) is 11.9 Å². The third-order valence-corrected chi connectivity index (χ3v) is 4.77. The summed E-state index contributed by atoms with van der Waals surface area (Å²) < 4.78 is 38.1. The summed E-state index contributed by atoms with van der Waals surface area (Å²) >= 11 is 3.15. The van der Waals surface area contributed by atoms with E-state index in [0.717, 1.165) is 37.8 Å². The maximum atomic E-state index is 12.6. The predicted octanol–water partition coefficient (Wildman–Crippen LogP) is 4.82. The lowest BCUT2D eigenvalue weighted by atomic mass is 9.79. The Balaban J connectivity index is 2.00. The van der Waals surface area contributed by atoms with E-state index in [1.807, 2.05) is 0 Å². The molecule has 1 fully saturated rings. The van der Waals surface area contributed by atoms with Crippen LogP contribution in [0.1, 0.15) is 38.2 Å². The molecule has 0 spiro atoms. The Hall–Kier alpha value is -0.750. The number of alkyl halides is 3. The zero-order valence-corrected chi connectivity index (χ0v) is 13.4. The molecular formula is C15H19BrF3NO. The number of hydrogen-bond donors (Lipinski definition) is 2. The van der Waals surface area contributed by atoms with E-state index in [1.165, 1.54) is 6.07 Å². The molecule has 2 rings (SSSR count). The topological polar surface area (TPSA) is 32.3 Å². The summed E-state index contributed by atoms with van der Waals surface area (Å²) in [6.07, 6.45) is -0.948. The van der Waals surface area contributed by atoms with Gasteiger partial charge in [0.05, 0.1) is 11.2 Å². The van der Waals surface area contributed by atoms with Gasteiger partial charge in [0.2, 0.25) is 0 Å². The SMILES string of the molecule is CC1CCC(O)(CNc2ccc(C(F)(F)F)cc2Br)CC1. The zero-order valence-electron chi connectivity index (χ0n) is 11.8. The van der Waals surface area contributed by atoms with Crippen LogP contribution in [0, 0.1) is 5.92 Å². The summed E-state index contributed by atoms with van der Waals surface area (Å²) in [6.45, 7) is 2.52. The predicted molar refractivity (Wildman–Crippen MR) is 80.2 cm³/mol. The summed E-state index contributed by atoms with van der Waals surface area (Å²) in [6, 6.07) is 3.48. The van der Waals surface area contributed by atoms with Gasteiger partial charge in [0.1, 0.15) is 0 Å². The number of nitrogens with one attached hydrogen (secondary N) is 1. The van der Waals surface area contributed by atoms with Crippen molar-refractivity contribution in [3.8, 4) is 0 Å². The smallest absolute Gasteiger partial charge is 0.388 e. The molecule has 0 aromatic heterocycles. The van der Waals surface area contributed by atoms with Gasteiger partial charge >= 0.3 is 6.18 Å². The first-order valence-electron chi connectivity index (χ1n) is 7.03. The minimum atomic E-state index is -4.35. The molecule has 1 aliphatic carbocycles. The fourth-order valence-electron chi connectivity index (χ4n) is 2.57. The molecule has 1 aromatic rings. The molecule has 1 aromatic carbocycles. The highest BCUT2D eigenvalue weighted by molar-refractivity contribution is 9.10. The molecule has 0 radical (unpaired) electrons. The van der Waals surface area contributed by atoms with Gasteiger partial charge in [-0.15, -0.1) is 0 Å². The number of anilines is 1. The van der Waals surface area contributed by atoms with E-state index in [1.54, 1.807) is 0 Å². The summed E-state index contributed by atoms with van der Waals surface area (Å²) in [4.78, 5) is 0. The largest absolute Gasteiger partial charge is 0.416 e. The molecule has 1 saturated carbocycles. The lowest BCUT2D eigenvalue weighted by Gasteiger charge is -2.35. The fourth-order valence-corrected chi connectivity index (χ4v) is 3.09. The van der Waals surface area contributed by atoms with E-state index in [4.69, 9.17) is 0 Å². The maximum Gasteiger partial charge on any atom is 0.416 e. The lowest BCUT2D eigenvalue weighted by molar-refractivity contribution is -0.137. The number of aliphatic hydroxyl groups is 1. The molecule has 0 saturated heterocycles. The van der Waals surface area contributed by atoms with E-state index < -0.39 is 17.3 Å². The quantitative estimate of drug-likeness (QED) is 0.804. The van der Waals surface area contributed by atoms with Gasteiger partial charge < -0.3 is 10.4 Å². The second-order valence-electron chi connectivity index (χ2n) is 5.95. The minimum Gasteiger partial charge on any atom is -0.388 e. The molecule has 0 unspecified atom stereocenters. The van der Waals surface area contributed by atoms with Crippen molar-refractivity contribution in [1.82, 2.24) is 0 Å². The van der Waals surface area contributed by atoms with E-state index in [-0.39, 0.29) is 0 Å². The molecule has 2 nitrogen and oxygen atoms in total. The van der Waals surface area contributed by atoms with Crippen LogP contribution in [-0.2, 0) is 6.18 Å². The zero-order chi connectivity index (χ0) is 15.7. The number of halogens is 4. The van der Waals surface area contributed by atoms with Gasteiger partial charge in [-0.2, -0.15) is 13.2 Å². The van der Waals surface area contributed by atoms with Crippen LogP contribution in [-0.4, -0.2) is 17.3 Å². The van der Waals surface area contributed by atoms with E-state index >= 15 is 0 Å². The first-order valence-corrected chi connectivity index (χ1v) is 7.82. The summed E-state index contributed by atoms with van der Waals surface area (Å²) in [7, 11) is 0. The van der Waals surface area contributed by atoms with Crippen LogP contribution in [0.15, 0.2) is 22.7 Å². The molecule has 2 N–H and O–H groups in total. The van der Waals surface area contributed by atoms with Gasteiger partial charge in [0.25, 0.3) is 0 Å². The average molecular weight is 366 g/mol. The van der Waals surface area contributed by atoms with Crippen molar-refractivity contribution in [2.45, 2.75) is 44.4 Å². The van der Waals surface area contributed by atoms with Gasteiger partial charge in [-0.25, -0.2) is 0 Å². The summed E-state index contributed by atoms with van der Waals surface area (Å²) in [5.41, 5.74) is -0.894. The Morgan fingerprint density at radius 1 is 1.33 bits per heavy atom. The van der Waals surface area contributed by atoms with Gasteiger partial charge in [0.15, 0.2) is 0 Å². The number of rotatable bonds is 3. The van der Waals surface area contributed by atoms with Gasteiger partial charge in [-0.3, -0.25) is 0 Å². The van der Waals surface area contributed by atoms with Crippen molar-refractivity contribution in [1.29, 1.82) is 0 Å². The highest BCUT2D eigenvalue weighted by Crippen LogP contribution is 2.35. The average Bonchev–Trinajstić information content (AvgIpc) is 2.40. The lowest BCUT2D eigenvalue weighted by Crippen LogP contribution is -2.40. The molecule has 0 heterocycles. The second-order valence-corrected chi connectivity index (χ2v) is 6.81. The van der Waals surface area contributed by atoms with E-state index in [2.05, 4.69) is 28.2 Å². The molecule has 0 bridgehead atoms. The highest BCUT2D eigenvalue weighted by Gasteiger charge is 2.33. The van der Waals surface area contributed by atoms with Crippen LogP contribution in [0.5, 0.6) is 0 Å². The van der Waals surface area contributed by atoms with E-state index in [0.29, 0.717) is 22.6 Å². The molecule has 6 heteroatoms. The van der Waals surface area contributed by atoms with Crippen molar-refractivity contribution in [3.05, 3.63) is 28.2 Å². The number of benzene rings is 1. The monoisotopic (exact) mass is 365 g/mol. The molecule has 21 heavy (non-hydrogen) atoms. The third-order valence-electron chi connectivity index (χ3n) is 4.11. The number of hydrogen-bond acceptors (Lipinski definition) is 2. The Bertz CT molecular complexity index is 496. The molecule has 118 valence electrons. The Morgan fingerprint density at radius 2 is 1.95 bits per heavy atom. The van der Waals surface area contributed by atoms with E-state index in [9.17, 15) is 18.3 Å². The Labute approximate surface area is 130 Å². The van der Waals surface area contributed by atoms with Crippen LogP contribution in [0.3, 0.4) is 0 Å². The first-order chi connectivity index (χ1) is 9.70. The molecule has 0 amide bonds. The minimum absolute atomic E-state index is 0.351.